The Balaban J connectivity index is 1.91. The number of thiazole rings is 1. The number of carbonyl (C=O) groups excluding carboxylic acids is 1. The first-order valence-corrected chi connectivity index (χ1v) is 7.37. The molecule has 0 aliphatic heterocycles. The Morgan fingerprint density at radius 3 is 2.59 bits per heavy atom. The highest BCUT2D eigenvalue weighted by Gasteiger charge is 2.16. The number of nitrogens with one attached hydrogen (secondary N) is 1. The van der Waals surface area contributed by atoms with E-state index in [1.807, 2.05) is 13.0 Å². The molecule has 0 saturated heterocycles. The number of aryl methyl sites for hydroxylation is 1. The number of carboxylic acids is 1. The Morgan fingerprint density at radius 2 is 1.86 bits per heavy atom. The fraction of sp³-hybridized carbons (Fsp3) is 0.0625. The van der Waals surface area contributed by atoms with Crippen molar-refractivity contribution < 1.29 is 14.7 Å². The largest absolute Gasteiger partial charge is 0.478 e. The summed E-state index contributed by atoms with van der Waals surface area (Å²) in [6.07, 6.45) is 0. The predicted molar refractivity (Wildman–Crippen MR) is 85.7 cm³/mol. The number of carbonyl (C=O) groups is 2. The highest BCUT2D eigenvalue weighted by atomic mass is 32.1. The van der Waals surface area contributed by atoms with Crippen LogP contribution in [0.3, 0.4) is 0 Å². The molecule has 3 rings (SSSR count). The van der Waals surface area contributed by atoms with E-state index >= 15 is 0 Å². The first-order valence-electron chi connectivity index (χ1n) is 6.55. The number of aromatic nitrogens is 1. The predicted octanol–water partition coefficient (Wildman–Crippen LogP) is 3.56. The van der Waals surface area contributed by atoms with Gasteiger partial charge in [-0.15, -0.1) is 11.3 Å². The van der Waals surface area contributed by atoms with Crippen LogP contribution >= 0.6 is 11.3 Å². The third kappa shape index (κ3) is 2.68. The summed E-state index contributed by atoms with van der Waals surface area (Å²) in [5, 5.41) is 12.8. The summed E-state index contributed by atoms with van der Waals surface area (Å²) in [4.78, 5) is 27.8. The lowest BCUT2D eigenvalue weighted by atomic mass is 10.1. The molecule has 1 aromatic heterocycles. The van der Waals surface area contributed by atoms with Crippen molar-refractivity contribution in [2.75, 3.05) is 5.32 Å². The van der Waals surface area contributed by atoms with Crippen LogP contribution < -0.4 is 5.32 Å². The quantitative estimate of drug-likeness (QED) is 0.775. The van der Waals surface area contributed by atoms with Crippen LogP contribution in [0.5, 0.6) is 0 Å². The molecule has 1 heterocycles. The summed E-state index contributed by atoms with van der Waals surface area (Å²) in [5.74, 6) is -1.58. The smallest absolute Gasteiger partial charge is 0.336 e. The molecule has 0 unspecified atom stereocenters. The van der Waals surface area contributed by atoms with Crippen molar-refractivity contribution in [3.05, 3.63) is 58.6 Å². The van der Waals surface area contributed by atoms with E-state index in [2.05, 4.69) is 10.3 Å². The monoisotopic (exact) mass is 312 g/mol. The lowest BCUT2D eigenvalue weighted by molar-refractivity contribution is 0.0692. The SMILES string of the molecule is Cc1nc2cc(NC(=O)c3ccccc3C(=O)O)ccc2s1. The van der Waals surface area contributed by atoms with Gasteiger partial charge in [-0.05, 0) is 37.3 Å². The molecule has 3 aromatic rings. The van der Waals surface area contributed by atoms with Crippen molar-refractivity contribution in [3.63, 3.8) is 0 Å². The van der Waals surface area contributed by atoms with E-state index in [1.165, 1.54) is 12.1 Å². The molecule has 5 nitrogen and oxygen atoms in total. The van der Waals surface area contributed by atoms with Crippen molar-refractivity contribution in [2.24, 2.45) is 0 Å². The molecule has 22 heavy (non-hydrogen) atoms. The van der Waals surface area contributed by atoms with Crippen molar-refractivity contribution in [2.45, 2.75) is 6.92 Å². The molecule has 0 spiro atoms. The Morgan fingerprint density at radius 1 is 1.14 bits per heavy atom. The highest BCUT2D eigenvalue weighted by molar-refractivity contribution is 7.18. The summed E-state index contributed by atoms with van der Waals surface area (Å²) in [7, 11) is 0. The van der Waals surface area contributed by atoms with Gasteiger partial charge in [-0.1, -0.05) is 12.1 Å². The van der Waals surface area contributed by atoms with Gasteiger partial charge in [-0.25, -0.2) is 9.78 Å². The molecule has 0 saturated carbocycles. The van der Waals surface area contributed by atoms with E-state index in [-0.39, 0.29) is 11.1 Å². The fourth-order valence-electron chi connectivity index (χ4n) is 2.19. The van der Waals surface area contributed by atoms with Gasteiger partial charge in [0, 0.05) is 5.69 Å². The molecule has 2 aromatic carbocycles. The summed E-state index contributed by atoms with van der Waals surface area (Å²) in [6.45, 7) is 1.92. The van der Waals surface area contributed by atoms with Crippen molar-refractivity contribution in [1.29, 1.82) is 0 Å². The number of carboxylic acid groups (broad SMARTS) is 1. The molecule has 0 atom stereocenters. The van der Waals surface area contributed by atoms with Gasteiger partial charge in [0.25, 0.3) is 5.91 Å². The van der Waals surface area contributed by atoms with E-state index in [1.54, 1.807) is 35.6 Å². The molecule has 6 heteroatoms. The van der Waals surface area contributed by atoms with Crippen LogP contribution in [0.25, 0.3) is 10.2 Å². The van der Waals surface area contributed by atoms with Gasteiger partial charge in [0.1, 0.15) is 0 Å². The number of rotatable bonds is 3. The fourth-order valence-corrected chi connectivity index (χ4v) is 2.99. The third-order valence-electron chi connectivity index (χ3n) is 3.15. The number of amides is 1. The maximum Gasteiger partial charge on any atom is 0.336 e. The first kappa shape index (κ1) is 14.2. The number of hydrogen-bond donors (Lipinski definition) is 2. The molecule has 110 valence electrons. The van der Waals surface area contributed by atoms with E-state index in [0.29, 0.717) is 5.69 Å². The van der Waals surface area contributed by atoms with Crippen molar-refractivity contribution in [1.82, 2.24) is 4.98 Å². The van der Waals surface area contributed by atoms with Gasteiger partial charge in [-0.2, -0.15) is 0 Å². The van der Waals surface area contributed by atoms with Gasteiger partial charge in [0.05, 0.1) is 26.4 Å². The van der Waals surface area contributed by atoms with E-state index in [4.69, 9.17) is 5.11 Å². The van der Waals surface area contributed by atoms with Crippen LogP contribution in [0.4, 0.5) is 5.69 Å². The summed E-state index contributed by atoms with van der Waals surface area (Å²) in [5.41, 5.74) is 1.50. The zero-order valence-electron chi connectivity index (χ0n) is 11.7. The van der Waals surface area contributed by atoms with Crippen LogP contribution in [0.15, 0.2) is 42.5 Å². The summed E-state index contributed by atoms with van der Waals surface area (Å²) in [6, 6.07) is 11.6. The minimum atomic E-state index is -1.13. The van der Waals surface area contributed by atoms with Crippen LogP contribution in [0, 0.1) is 6.92 Å². The van der Waals surface area contributed by atoms with Gasteiger partial charge >= 0.3 is 5.97 Å². The average Bonchev–Trinajstić information content (AvgIpc) is 2.86. The molecular formula is C16H12N2O3S. The first-order chi connectivity index (χ1) is 10.5. The van der Waals surface area contributed by atoms with E-state index in [0.717, 1.165) is 15.2 Å². The normalized spacial score (nSPS) is 10.6. The molecule has 0 radical (unpaired) electrons. The number of benzene rings is 2. The molecule has 0 bridgehead atoms. The molecule has 0 fully saturated rings. The topological polar surface area (TPSA) is 79.3 Å². The standard InChI is InChI=1S/C16H12N2O3S/c1-9-17-13-8-10(6-7-14(13)22-9)18-15(19)11-4-2-3-5-12(11)16(20)21/h2-8H,1H3,(H,18,19)(H,20,21). The zero-order valence-corrected chi connectivity index (χ0v) is 12.5. The molecule has 1 amide bonds. The number of anilines is 1. The zero-order chi connectivity index (χ0) is 15.7. The van der Waals surface area contributed by atoms with Gasteiger partial charge in [-0.3, -0.25) is 4.79 Å². The summed E-state index contributed by atoms with van der Waals surface area (Å²) < 4.78 is 1.04. The molecule has 0 aliphatic carbocycles. The summed E-state index contributed by atoms with van der Waals surface area (Å²) >= 11 is 1.58. The third-order valence-corrected chi connectivity index (χ3v) is 4.11. The highest BCUT2D eigenvalue weighted by Crippen LogP contribution is 2.24. The lowest BCUT2D eigenvalue weighted by Gasteiger charge is -2.07. The minimum absolute atomic E-state index is 0.0226. The van der Waals surface area contributed by atoms with Gasteiger partial charge in [0.15, 0.2) is 0 Å². The number of fused-ring (bicyclic) bond motifs is 1. The number of nitrogens with zero attached hydrogens (tertiary/aromatic N) is 1. The second-order valence-electron chi connectivity index (χ2n) is 4.72. The minimum Gasteiger partial charge on any atom is -0.478 e. The molecular weight excluding hydrogens is 300 g/mol. The Hall–Kier alpha value is -2.73. The Kier molecular flexibility index (Phi) is 3.60. The van der Waals surface area contributed by atoms with Crippen LogP contribution in [-0.2, 0) is 0 Å². The second-order valence-corrected chi connectivity index (χ2v) is 5.96. The van der Waals surface area contributed by atoms with Crippen LogP contribution in [0.2, 0.25) is 0 Å². The van der Waals surface area contributed by atoms with Crippen molar-refractivity contribution >= 4 is 39.1 Å². The van der Waals surface area contributed by atoms with E-state index in [9.17, 15) is 9.59 Å². The van der Waals surface area contributed by atoms with Gasteiger partial charge < -0.3 is 10.4 Å². The second kappa shape index (κ2) is 5.57. The lowest BCUT2D eigenvalue weighted by Crippen LogP contribution is -2.16. The van der Waals surface area contributed by atoms with E-state index < -0.39 is 11.9 Å². The Bertz CT molecular complexity index is 886. The van der Waals surface area contributed by atoms with Crippen LogP contribution in [0.1, 0.15) is 25.7 Å². The molecule has 2 N–H and O–H groups in total. The average molecular weight is 312 g/mol. The van der Waals surface area contributed by atoms with Crippen molar-refractivity contribution in [3.8, 4) is 0 Å². The van der Waals surface area contributed by atoms with Crippen LogP contribution in [-0.4, -0.2) is 22.0 Å². The maximum atomic E-state index is 12.3. The number of hydrogen-bond acceptors (Lipinski definition) is 4. The Labute approximate surface area is 130 Å². The van der Waals surface area contributed by atoms with Gasteiger partial charge in [0.2, 0.25) is 0 Å². The maximum absolute atomic E-state index is 12.3. The number of aromatic carboxylic acids is 1. The molecule has 0 aliphatic rings.